The van der Waals surface area contributed by atoms with E-state index in [1.807, 2.05) is 47.4 Å². The minimum absolute atomic E-state index is 0.146. The molecule has 4 heteroatoms. The van der Waals surface area contributed by atoms with Crippen LogP contribution in [0.25, 0.3) is 0 Å². The summed E-state index contributed by atoms with van der Waals surface area (Å²) in [5, 5.41) is 0. The maximum atomic E-state index is 12.7. The van der Waals surface area contributed by atoms with Crippen molar-refractivity contribution in [3.8, 4) is 0 Å². The number of amides is 1. The van der Waals surface area contributed by atoms with Gasteiger partial charge in [0.2, 0.25) is 0 Å². The Morgan fingerprint density at radius 1 is 1.12 bits per heavy atom. The zero-order valence-electron chi connectivity index (χ0n) is 13.7. The molecule has 0 radical (unpaired) electrons. The van der Waals surface area contributed by atoms with Crippen LogP contribution in [0.5, 0.6) is 0 Å². The van der Waals surface area contributed by atoms with Crippen molar-refractivity contribution < 1.29 is 9.53 Å². The van der Waals surface area contributed by atoms with Crippen LogP contribution in [0.3, 0.4) is 0 Å². The van der Waals surface area contributed by atoms with Gasteiger partial charge < -0.3 is 9.64 Å². The van der Waals surface area contributed by atoms with E-state index in [0.717, 1.165) is 35.1 Å². The van der Waals surface area contributed by atoms with Gasteiger partial charge in [-0.3, -0.25) is 4.79 Å². The van der Waals surface area contributed by atoms with Crippen molar-refractivity contribution in [1.29, 1.82) is 0 Å². The lowest BCUT2D eigenvalue weighted by atomic mass is 9.98. The van der Waals surface area contributed by atoms with Gasteiger partial charge in [0.1, 0.15) is 0 Å². The fourth-order valence-electron chi connectivity index (χ4n) is 3.11. The van der Waals surface area contributed by atoms with E-state index in [0.29, 0.717) is 19.1 Å². The standard InChI is InChI=1S/C20H22INO2/c21-19-11-5-4-10-18(19)20(23)22-12-6-9-17(13-22)15-24-14-16-7-2-1-3-8-16/h1-5,7-8,10-11,17H,6,9,12-15H2. The first-order chi connectivity index (χ1) is 11.7. The van der Waals surface area contributed by atoms with Crippen LogP contribution in [0.2, 0.25) is 0 Å². The number of rotatable bonds is 5. The highest BCUT2D eigenvalue weighted by molar-refractivity contribution is 14.1. The Morgan fingerprint density at radius 3 is 2.67 bits per heavy atom. The van der Waals surface area contributed by atoms with Crippen molar-refractivity contribution in [2.45, 2.75) is 19.4 Å². The Hall–Kier alpha value is -1.40. The molecule has 1 aliphatic rings. The summed E-state index contributed by atoms with van der Waals surface area (Å²) in [6, 6.07) is 18.0. The van der Waals surface area contributed by atoms with Crippen molar-refractivity contribution >= 4 is 28.5 Å². The summed E-state index contributed by atoms with van der Waals surface area (Å²) in [6.07, 6.45) is 2.18. The van der Waals surface area contributed by atoms with Gasteiger partial charge in [-0.05, 0) is 59.0 Å². The van der Waals surface area contributed by atoms with E-state index in [2.05, 4.69) is 34.7 Å². The highest BCUT2D eigenvalue weighted by Crippen LogP contribution is 2.21. The quantitative estimate of drug-likeness (QED) is 0.654. The summed E-state index contributed by atoms with van der Waals surface area (Å²) < 4.78 is 6.89. The summed E-state index contributed by atoms with van der Waals surface area (Å²) in [6.45, 7) is 2.99. The zero-order valence-corrected chi connectivity index (χ0v) is 15.8. The molecule has 1 saturated heterocycles. The second kappa shape index (κ2) is 8.62. The molecule has 0 aliphatic carbocycles. The van der Waals surface area contributed by atoms with Gasteiger partial charge >= 0.3 is 0 Å². The molecular formula is C20H22INO2. The molecule has 1 unspecified atom stereocenters. The number of hydrogen-bond acceptors (Lipinski definition) is 2. The van der Waals surface area contributed by atoms with Crippen molar-refractivity contribution in [2.75, 3.05) is 19.7 Å². The minimum atomic E-state index is 0.146. The summed E-state index contributed by atoms with van der Waals surface area (Å²) in [5.74, 6) is 0.570. The number of hydrogen-bond donors (Lipinski definition) is 0. The lowest BCUT2D eigenvalue weighted by Gasteiger charge is -2.33. The monoisotopic (exact) mass is 435 g/mol. The normalized spacial score (nSPS) is 17.7. The van der Waals surface area contributed by atoms with Gasteiger partial charge in [0, 0.05) is 16.7 Å². The van der Waals surface area contributed by atoms with Gasteiger partial charge in [-0.15, -0.1) is 0 Å². The Bertz CT molecular complexity index is 674. The third kappa shape index (κ3) is 4.57. The van der Waals surface area contributed by atoms with Crippen LogP contribution >= 0.6 is 22.6 Å². The van der Waals surface area contributed by atoms with Gasteiger partial charge in [0.05, 0.1) is 18.8 Å². The SMILES string of the molecule is O=C(c1ccccc1I)N1CCCC(COCc2ccccc2)C1. The molecule has 1 amide bonds. The zero-order chi connectivity index (χ0) is 16.8. The van der Waals surface area contributed by atoms with E-state index in [4.69, 9.17) is 4.74 Å². The van der Waals surface area contributed by atoms with Crippen LogP contribution < -0.4 is 0 Å². The van der Waals surface area contributed by atoms with Crippen LogP contribution in [0, 0.1) is 9.49 Å². The third-order valence-electron chi connectivity index (χ3n) is 4.38. The predicted octanol–water partition coefficient (Wildman–Crippen LogP) is 4.36. The maximum Gasteiger partial charge on any atom is 0.254 e. The van der Waals surface area contributed by atoms with E-state index in [-0.39, 0.29) is 5.91 Å². The molecule has 0 saturated carbocycles. The first-order valence-electron chi connectivity index (χ1n) is 8.39. The highest BCUT2D eigenvalue weighted by Gasteiger charge is 2.25. The molecule has 2 aromatic rings. The second-order valence-corrected chi connectivity index (χ2v) is 7.40. The Morgan fingerprint density at radius 2 is 1.88 bits per heavy atom. The molecule has 1 fully saturated rings. The molecule has 2 aromatic carbocycles. The molecule has 0 aromatic heterocycles. The van der Waals surface area contributed by atoms with Gasteiger partial charge in [-0.1, -0.05) is 42.5 Å². The topological polar surface area (TPSA) is 29.5 Å². The Balaban J connectivity index is 1.53. The van der Waals surface area contributed by atoms with E-state index in [9.17, 15) is 4.79 Å². The summed E-state index contributed by atoms with van der Waals surface area (Å²) >= 11 is 2.23. The lowest BCUT2D eigenvalue weighted by Crippen LogP contribution is -2.41. The van der Waals surface area contributed by atoms with Crippen molar-refractivity contribution in [2.24, 2.45) is 5.92 Å². The number of benzene rings is 2. The van der Waals surface area contributed by atoms with Gasteiger partial charge in [0.25, 0.3) is 5.91 Å². The number of halogens is 1. The predicted molar refractivity (Wildman–Crippen MR) is 104 cm³/mol. The fourth-order valence-corrected chi connectivity index (χ4v) is 3.73. The van der Waals surface area contributed by atoms with Gasteiger partial charge in [-0.2, -0.15) is 0 Å². The number of carbonyl (C=O) groups excluding carboxylic acids is 1. The van der Waals surface area contributed by atoms with Crippen molar-refractivity contribution in [1.82, 2.24) is 4.90 Å². The van der Waals surface area contributed by atoms with Gasteiger partial charge in [-0.25, -0.2) is 0 Å². The van der Waals surface area contributed by atoms with E-state index in [1.165, 1.54) is 5.56 Å². The van der Waals surface area contributed by atoms with E-state index in [1.54, 1.807) is 0 Å². The first kappa shape index (κ1) is 17.4. The maximum absolute atomic E-state index is 12.7. The largest absolute Gasteiger partial charge is 0.376 e. The molecule has 126 valence electrons. The van der Waals surface area contributed by atoms with Crippen LogP contribution in [-0.2, 0) is 11.3 Å². The number of carbonyl (C=O) groups is 1. The third-order valence-corrected chi connectivity index (χ3v) is 5.32. The number of likely N-dealkylation sites (tertiary alicyclic amines) is 1. The van der Waals surface area contributed by atoms with Crippen molar-refractivity contribution in [3.63, 3.8) is 0 Å². The van der Waals surface area contributed by atoms with Crippen LogP contribution in [-0.4, -0.2) is 30.5 Å². The molecule has 0 bridgehead atoms. The molecule has 1 heterocycles. The van der Waals surface area contributed by atoms with Crippen LogP contribution in [0.4, 0.5) is 0 Å². The molecule has 0 spiro atoms. The molecule has 3 rings (SSSR count). The average Bonchev–Trinajstić information content (AvgIpc) is 2.63. The van der Waals surface area contributed by atoms with Crippen LogP contribution in [0.15, 0.2) is 54.6 Å². The van der Waals surface area contributed by atoms with E-state index < -0.39 is 0 Å². The average molecular weight is 435 g/mol. The molecule has 0 N–H and O–H groups in total. The number of piperidine rings is 1. The smallest absolute Gasteiger partial charge is 0.254 e. The number of ether oxygens (including phenoxy) is 1. The van der Waals surface area contributed by atoms with Crippen LogP contribution in [0.1, 0.15) is 28.8 Å². The summed E-state index contributed by atoms with van der Waals surface area (Å²) in [4.78, 5) is 14.7. The summed E-state index contributed by atoms with van der Waals surface area (Å²) in [7, 11) is 0. The minimum Gasteiger partial charge on any atom is -0.376 e. The first-order valence-corrected chi connectivity index (χ1v) is 9.47. The van der Waals surface area contributed by atoms with Gasteiger partial charge in [0.15, 0.2) is 0 Å². The van der Waals surface area contributed by atoms with Crippen molar-refractivity contribution in [3.05, 3.63) is 69.3 Å². The molecule has 1 atom stereocenters. The highest BCUT2D eigenvalue weighted by atomic mass is 127. The second-order valence-electron chi connectivity index (χ2n) is 6.24. The fraction of sp³-hybridized carbons (Fsp3) is 0.350. The Kier molecular flexibility index (Phi) is 6.26. The lowest BCUT2D eigenvalue weighted by molar-refractivity contribution is 0.0425. The molecular weight excluding hydrogens is 413 g/mol. The Labute approximate surface area is 157 Å². The summed E-state index contributed by atoms with van der Waals surface area (Å²) in [5.41, 5.74) is 2.00. The number of nitrogens with zero attached hydrogens (tertiary/aromatic N) is 1. The molecule has 24 heavy (non-hydrogen) atoms. The van der Waals surface area contributed by atoms with E-state index >= 15 is 0 Å². The molecule has 3 nitrogen and oxygen atoms in total. The molecule has 1 aliphatic heterocycles.